The number of amides is 7. The maximum absolute atomic E-state index is 14.2. The first-order chi connectivity index (χ1) is 37.8. The van der Waals surface area contributed by atoms with Gasteiger partial charge in [0.05, 0.1) is 18.7 Å². The highest BCUT2D eigenvalue weighted by Crippen LogP contribution is 2.57. The average molecular weight is 1150 g/mol. The molecule has 426 valence electrons. The number of rotatable bonds is 22. The molecule has 1 saturated heterocycles. The molecule has 7 rings (SSSR count). The largest absolute Gasteiger partial charge is 0.524 e. The lowest BCUT2D eigenvalue weighted by Crippen LogP contribution is -2.57. The number of anilines is 1. The van der Waals surface area contributed by atoms with Gasteiger partial charge in [-0.15, -0.1) is 0 Å². The summed E-state index contributed by atoms with van der Waals surface area (Å²) in [6.45, 7) is 2.53. The number of aromatic hydroxyl groups is 2. The van der Waals surface area contributed by atoms with Crippen molar-refractivity contribution in [2.45, 2.75) is 82.1 Å². The zero-order chi connectivity index (χ0) is 58.2. The topological polar surface area (TPSA) is 410 Å². The number of thiocarbonyl (C=S) groups is 1. The quantitative estimate of drug-likeness (QED) is 0.0292. The average Bonchev–Trinajstić information content (AvgIpc) is 3.46. The predicted octanol–water partition coefficient (Wildman–Crippen LogP) is 0.633. The molecule has 0 saturated carbocycles. The third-order valence-electron chi connectivity index (χ3n) is 13.3. The molecule has 1 fully saturated rings. The minimum atomic E-state index is -4.93. The summed E-state index contributed by atoms with van der Waals surface area (Å²) in [4.78, 5) is 126. The zero-order valence-electron chi connectivity index (χ0n) is 43.1. The second-order valence-electron chi connectivity index (χ2n) is 19.7. The van der Waals surface area contributed by atoms with Crippen molar-refractivity contribution < 1.29 is 82.0 Å². The summed E-state index contributed by atoms with van der Waals surface area (Å²) in [5.74, 6) is -7.32. The number of carbonyl (C=O) groups excluding carboxylic acids is 8. The molecule has 15 N–H and O–H groups in total. The van der Waals surface area contributed by atoms with Crippen LogP contribution >= 0.6 is 20.0 Å². The van der Waals surface area contributed by atoms with Gasteiger partial charge in [0.25, 0.3) is 0 Å². The molecule has 80 heavy (non-hydrogen) atoms. The van der Waals surface area contributed by atoms with Gasteiger partial charge in [-0.1, -0.05) is 32.0 Å². The van der Waals surface area contributed by atoms with Crippen LogP contribution in [0.3, 0.4) is 0 Å². The number of benzene rings is 4. The van der Waals surface area contributed by atoms with Gasteiger partial charge in [0, 0.05) is 66.4 Å². The smallest absolute Gasteiger partial charge is 0.508 e. The van der Waals surface area contributed by atoms with E-state index in [0.29, 0.717) is 27.9 Å². The number of fused-ring (bicyclic) bond motifs is 6. The van der Waals surface area contributed by atoms with E-state index in [4.69, 9.17) is 33.2 Å². The lowest BCUT2D eigenvalue weighted by Gasteiger charge is -2.36. The van der Waals surface area contributed by atoms with Crippen molar-refractivity contribution in [2.75, 3.05) is 31.6 Å². The van der Waals surface area contributed by atoms with Crippen LogP contribution in [0.15, 0.2) is 78.9 Å². The van der Waals surface area contributed by atoms with Gasteiger partial charge in [0.1, 0.15) is 52.9 Å². The van der Waals surface area contributed by atoms with Gasteiger partial charge in [-0.05, 0) is 97.9 Å². The molecule has 4 aromatic rings. The number of nitrogens with two attached hydrogens (primary N) is 2. The number of nitrogens with zero attached hydrogens (tertiary/aromatic N) is 1. The number of likely N-dealkylation sites (tertiary alicyclic amines) is 1. The number of phosphoric ester groups is 1. The molecule has 0 aromatic heterocycles. The van der Waals surface area contributed by atoms with Crippen LogP contribution in [0.5, 0.6) is 28.7 Å². The Hall–Kier alpha value is -8.36. The maximum Gasteiger partial charge on any atom is 0.524 e. The summed E-state index contributed by atoms with van der Waals surface area (Å²) in [7, 11) is -4.93. The molecule has 7 amide bonds. The standard InChI is InChI=1S/C52H60N9O17PS/c1-26(2)19-38(48(70)60-40(25-62)45(54)67)57-44(66)24-55-47(69)37(13-14-43(53)65)58-49(71)39(20-27-3-8-32(9-4-27)78-79(73,74)75)59-46(68)28-15-17-61(18-16-28)51(80)56-29-5-10-34-33(21-29)50(72)77-52(34)35-11-6-30(63)22-41(35)76-42-23-31(64)7-12-36(42)52/h3-12,21-23,26,28,37-40,62-64H,13-20,24-25H2,1-2H3,(H2,53,65)(H2,54,67)(H,55,69)(H,56,80)(H,57,66)(H,58,71)(H,59,68)(H,60,70)(H2,73,74,75)/t37-,38-,39-,40-/m0/s1. The summed E-state index contributed by atoms with van der Waals surface area (Å²) in [5.41, 5.74) is 11.6. The maximum atomic E-state index is 14.2. The van der Waals surface area contributed by atoms with E-state index in [-0.39, 0.29) is 90.5 Å². The summed E-state index contributed by atoms with van der Waals surface area (Å²) in [5, 5.41) is 45.8. The van der Waals surface area contributed by atoms with Crippen LogP contribution in [0.1, 0.15) is 78.6 Å². The Bertz CT molecular complexity index is 3080. The van der Waals surface area contributed by atoms with E-state index in [1.807, 2.05) is 4.90 Å². The Morgan fingerprint density at radius 2 is 1.39 bits per heavy atom. The highest BCUT2D eigenvalue weighted by Gasteiger charge is 2.54. The first-order valence-corrected chi connectivity index (χ1v) is 27.1. The van der Waals surface area contributed by atoms with Gasteiger partial charge in [0.2, 0.25) is 41.4 Å². The first kappa shape index (κ1) is 59.3. The van der Waals surface area contributed by atoms with Crippen molar-refractivity contribution in [1.29, 1.82) is 0 Å². The second kappa shape index (κ2) is 25.2. The highest BCUT2D eigenvalue weighted by atomic mass is 32.1. The predicted molar refractivity (Wildman–Crippen MR) is 286 cm³/mol. The Morgan fingerprint density at radius 1 is 0.787 bits per heavy atom. The number of nitrogens with one attached hydrogen (secondary N) is 6. The minimum absolute atomic E-state index is 0.0846. The Balaban J connectivity index is 1.01. The van der Waals surface area contributed by atoms with Crippen LogP contribution in [-0.4, -0.2) is 133 Å². The number of phosphoric acid groups is 1. The Morgan fingerprint density at radius 3 is 1.96 bits per heavy atom. The van der Waals surface area contributed by atoms with E-state index in [1.165, 1.54) is 48.5 Å². The SMILES string of the molecule is CC(C)C[C@H](NC(=O)CNC(=O)[C@H](CCC(N)=O)NC(=O)[C@H](Cc1ccc(OP(=O)(O)O)cc1)NC(=O)C1CCN(C(=S)Nc2ccc3c(c2)C(=O)OC32c3ccc(O)cc3Oc3cc(O)ccc32)CC1)C(=O)N[C@@H](CO)C(N)=O. The molecule has 0 aliphatic carbocycles. The van der Waals surface area contributed by atoms with Crippen LogP contribution < -0.4 is 52.6 Å². The number of piperidine rings is 1. The van der Waals surface area contributed by atoms with Crippen molar-refractivity contribution in [3.05, 3.63) is 107 Å². The fourth-order valence-corrected chi connectivity index (χ4v) is 10.1. The van der Waals surface area contributed by atoms with Gasteiger partial charge in [-0.3, -0.25) is 43.3 Å². The van der Waals surface area contributed by atoms with Crippen LogP contribution in [0.4, 0.5) is 5.69 Å². The van der Waals surface area contributed by atoms with Gasteiger partial charge in [-0.2, -0.15) is 0 Å². The molecule has 1 spiro atoms. The molecule has 3 aliphatic heterocycles. The van der Waals surface area contributed by atoms with Crippen molar-refractivity contribution >= 4 is 78.2 Å². The van der Waals surface area contributed by atoms with E-state index in [9.17, 15) is 68.0 Å². The summed E-state index contributed by atoms with van der Waals surface area (Å²) in [6.07, 6.45) is -0.396. The molecule has 3 heterocycles. The molecule has 4 atom stereocenters. The normalized spacial score (nSPS) is 15.7. The number of phenols is 2. The molecular weight excluding hydrogens is 1090 g/mol. The minimum Gasteiger partial charge on any atom is -0.508 e. The van der Waals surface area contributed by atoms with Crippen LogP contribution in [0, 0.1) is 11.8 Å². The number of ether oxygens (including phenoxy) is 2. The van der Waals surface area contributed by atoms with E-state index in [2.05, 4.69) is 36.4 Å². The third kappa shape index (κ3) is 14.5. The zero-order valence-corrected chi connectivity index (χ0v) is 44.8. The number of aliphatic hydroxyl groups is 1. The number of phenolic OH excluding ortho intramolecular Hbond substituents is 2. The number of hydrogen-bond donors (Lipinski definition) is 13. The number of hydrogen-bond acceptors (Lipinski definition) is 16. The molecule has 28 heteroatoms. The molecule has 26 nitrogen and oxygen atoms in total. The fourth-order valence-electron chi connectivity index (χ4n) is 9.43. The Kier molecular flexibility index (Phi) is 18.7. The van der Waals surface area contributed by atoms with Crippen molar-refractivity contribution in [3.63, 3.8) is 0 Å². The van der Waals surface area contributed by atoms with E-state index in [0.717, 1.165) is 0 Å². The molecule has 4 aromatic carbocycles. The third-order valence-corrected chi connectivity index (χ3v) is 14.1. The van der Waals surface area contributed by atoms with Gasteiger partial charge in [0.15, 0.2) is 10.7 Å². The van der Waals surface area contributed by atoms with Crippen LogP contribution in [-0.2, 0) is 54.9 Å². The van der Waals surface area contributed by atoms with Crippen molar-refractivity contribution in [2.24, 2.45) is 23.3 Å². The summed E-state index contributed by atoms with van der Waals surface area (Å²) >= 11 is 5.79. The molecule has 0 radical (unpaired) electrons. The van der Waals surface area contributed by atoms with Crippen LogP contribution in [0.25, 0.3) is 0 Å². The lowest BCUT2D eigenvalue weighted by atomic mass is 9.77. The van der Waals surface area contributed by atoms with E-state index in [1.54, 1.807) is 44.2 Å². The van der Waals surface area contributed by atoms with Crippen molar-refractivity contribution in [1.82, 2.24) is 31.5 Å². The second-order valence-corrected chi connectivity index (χ2v) is 21.2. The Labute approximate surface area is 462 Å². The first-order valence-electron chi connectivity index (χ1n) is 25.1. The van der Waals surface area contributed by atoms with Crippen molar-refractivity contribution in [3.8, 4) is 28.7 Å². The number of primary amides is 2. The lowest BCUT2D eigenvalue weighted by molar-refractivity contribution is -0.134. The molecular formula is C52H60N9O17PS. The summed E-state index contributed by atoms with van der Waals surface area (Å²) in [6, 6.07) is 13.6. The number of aliphatic hydroxyl groups excluding tert-OH is 1. The van der Waals surface area contributed by atoms with E-state index < -0.39 is 110 Å². The number of esters is 1. The fraction of sp³-hybridized carbons (Fsp3) is 0.365. The summed E-state index contributed by atoms with van der Waals surface area (Å²) < 4.78 is 28.3. The van der Waals surface area contributed by atoms with Gasteiger partial charge >= 0.3 is 13.8 Å². The van der Waals surface area contributed by atoms with Crippen LogP contribution in [0.2, 0.25) is 0 Å². The molecule has 3 aliphatic rings. The number of carbonyl (C=O) groups is 8. The monoisotopic (exact) mass is 1150 g/mol. The van der Waals surface area contributed by atoms with E-state index >= 15 is 0 Å². The van der Waals surface area contributed by atoms with Gasteiger partial charge < -0.3 is 77.6 Å². The molecule has 0 bridgehead atoms. The highest BCUT2D eigenvalue weighted by molar-refractivity contribution is 7.80. The van der Waals surface area contributed by atoms with Gasteiger partial charge in [-0.25, -0.2) is 9.36 Å². The molecule has 0 unspecified atom stereocenters.